The van der Waals surface area contributed by atoms with Crippen molar-refractivity contribution in [2.24, 2.45) is 0 Å². The van der Waals surface area contributed by atoms with Crippen LogP contribution in [-0.4, -0.2) is 43.3 Å². The fourth-order valence-corrected chi connectivity index (χ4v) is 3.56. The van der Waals surface area contributed by atoms with Crippen LogP contribution < -0.4 is 20.4 Å². The molecule has 8 heteroatoms. The Morgan fingerprint density at radius 1 is 1.00 bits per heavy atom. The SMILES string of the molecule is CCCN(CCC)c1c(C(=O)NCCOc2ccc(C(=O)NO)cc2)oc2ccccc12. The molecule has 2 aromatic carbocycles. The van der Waals surface area contributed by atoms with Crippen molar-refractivity contribution in [3.8, 4) is 5.75 Å². The Hall–Kier alpha value is -3.52. The summed E-state index contributed by atoms with van der Waals surface area (Å²) in [6, 6.07) is 14.0. The van der Waals surface area contributed by atoms with Gasteiger partial charge in [-0.25, -0.2) is 5.48 Å². The van der Waals surface area contributed by atoms with Gasteiger partial charge in [-0.2, -0.15) is 0 Å². The molecule has 0 unspecified atom stereocenters. The Balaban J connectivity index is 1.66. The summed E-state index contributed by atoms with van der Waals surface area (Å²) in [5.74, 6) is -0.0136. The Bertz CT molecular complexity index is 1040. The van der Waals surface area contributed by atoms with Gasteiger partial charge in [-0.15, -0.1) is 0 Å². The predicted molar refractivity (Wildman–Crippen MR) is 123 cm³/mol. The maximum atomic E-state index is 13.0. The van der Waals surface area contributed by atoms with Gasteiger partial charge < -0.3 is 19.4 Å². The minimum atomic E-state index is -0.592. The van der Waals surface area contributed by atoms with Gasteiger partial charge in [-0.05, 0) is 49.2 Å². The maximum Gasteiger partial charge on any atom is 0.289 e. The molecule has 8 nitrogen and oxygen atoms in total. The number of hydroxylamine groups is 1. The summed E-state index contributed by atoms with van der Waals surface area (Å²) < 4.78 is 11.6. The number of furan rings is 1. The van der Waals surface area contributed by atoms with Crippen LogP contribution in [0.4, 0.5) is 5.69 Å². The van der Waals surface area contributed by atoms with E-state index in [4.69, 9.17) is 14.4 Å². The van der Waals surface area contributed by atoms with E-state index in [1.807, 2.05) is 24.3 Å². The second-order valence-corrected chi connectivity index (χ2v) is 7.33. The highest BCUT2D eigenvalue weighted by Crippen LogP contribution is 2.34. The van der Waals surface area contributed by atoms with Crippen molar-refractivity contribution in [3.63, 3.8) is 0 Å². The number of hydrogen-bond acceptors (Lipinski definition) is 6. The monoisotopic (exact) mass is 439 g/mol. The third-order valence-corrected chi connectivity index (χ3v) is 4.95. The number of hydrogen-bond donors (Lipinski definition) is 3. The zero-order valence-corrected chi connectivity index (χ0v) is 18.4. The van der Waals surface area contributed by atoms with E-state index in [0.29, 0.717) is 22.7 Å². The smallest absolute Gasteiger partial charge is 0.289 e. The molecule has 0 radical (unpaired) electrons. The van der Waals surface area contributed by atoms with Gasteiger partial charge in [0, 0.05) is 24.0 Å². The van der Waals surface area contributed by atoms with Crippen LogP contribution in [0.2, 0.25) is 0 Å². The van der Waals surface area contributed by atoms with E-state index in [1.165, 1.54) is 12.1 Å². The van der Waals surface area contributed by atoms with E-state index in [-0.39, 0.29) is 19.1 Å². The molecule has 0 saturated carbocycles. The van der Waals surface area contributed by atoms with Crippen molar-refractivity contribution >= 4 is 28.5 Å². The second-order valence-electron chi connectivity index (χ2n) is 7.33. The van der Waals surface area contributed by atoms with Crippen molar-refractivity contribution in [1.29, 1.82) is 0 Å². The molecular formula is C24H29N3O5. The standard InChI is InChI=1S/C24H29N3O5/c1-3-14-27(15-4-2)21-19-7-5-6-8-20(19)32-22(21)24(29)25-13-16-31-18-11-9-17(10-12-18)23(28)26-30/h5-12,30H,3-4,13-16H2,1-2H3,(H,25,29)(H,26,28). The molecular weight excluding hydrogens is 410 g/mol. The first kappa shape index (κ1) is 23.1. The lowest BCUT2D eigenvalue weighted by Crippen LogP contribution is -2.31. The first-order valence-corrected chi connectivity index (χ1v) is 10.8. The van der Waals surface area contributed by atoms with Gasteiger partial charge in [0.25, 0.3) is 11.8 Å². The number of carbonyl (C=O) groups excluding carboxylic acids is 2. The van der Waals surface area contributed by atoms with Crippen molar-refractivity contribution in [1.82, 2.24) is 10.8 Å². The summed E-state index contributed by atoms with van der Waals surface area (Å²) in [4.78, 5) is 26.5. The van der Waals surface area contributed by atoms with Crippen LogP contribution in [0.1, 0.15) is 47.6 Å². The molecule has 0 fully saturated rings. The number of rotatable bonds is 11. The highest BCUT2D eigenvalue weighted by Gasteiger charge is 2.24. The molecule has 0 bridgehead atoms. The number of nitrogens with zero attached hydrogens (tertiary/aromatic N) is 1. The van der Waals surface area contributed by atoms with Crippen LogP contribution >= 0.6 is 0 Å². The summed E-state index contributed by atoms with van der Waals surface area (Å²) in [6.07, 6.45) is 1.93. The summed E-state index contributed by atoms with van der Waals surface area (Å²) in [6.45, 7) is 6.45. The minimum Gasteiger partial charge on any atom is -0.492 e. The van der Waals surface area contributed by atoms with Crippen LogP contribution in [0.15, 0.2) is 52.9 Å². The zero-order chi connectivity index (χ0) is 22.9. The molecule has 3 N–H and O–H groups in total. The van der Waals surface area contributed by atoms with Gasteiger partial charge in [0.15, 0.2) is 0 Å². The van der Waals surface area contributed by atoms with Crippen molar-refractivity contribution < 1.29 is 24.0 Å². The number of para-hydroxylation sites is 1. The molecule has 0 saturated heterocycles. The van der Waals surface area contributed by atoms with Crippen LogP contribution in [0.5, 0.6) is 5.75 Å². The molecule has 3 rings (SSSR count). The van der Waals surface area contributed by atoms with E-state index in [9.17, 15) is 9.59 Å². The highest BCUT2D eigenvalue weighted by atomic mass is 16.5. The largest absolute Gasteiger partial charge is 0.492 e. The van der Waals surface area contributed by atoms with Crippen LogP contribution in [-0.2, 0) is 0 Å². The average molecular weight is 440 g/mol. The quantitative estimate of drug-likeness (QED) is 0.237. The van der Waals surface area contributed by atoms with E-state index < -0.39 is 5.91 Å². The van der Waals surface area contributed by atoms with Gasteiger partial charge in [-0.1, -0.05) is 26.0 Å². The lowest BCUT2D eigenvalue weighted by atomic mass is 10.1. The number of ether oxygens (including phenoxy) is 1. The number of anilines is 1. The second kappa shape index (κ2) is 11.2. The third kappa shape index (κ3) is 5.39. The predicted octanol–water partition coefficient (Wildman–Crippen LogP) is 3.99. The number of carbonyl (C=O) groups is 2. The molecule has 1 heterocycles. The Morgan fingerprint density at radius 3 is 2.34 bits per heavy atom. The Kier molecular flexibility index (Phi) is 8.10. The first-order chi connectivity index (χ1) is 15.6. The molecule has 3 aromatic rings. The molecule has 170 valence electrons. The fraction of sp³-hybridized carbons (Fsp3) is 0.333. The van der Waals surface area contributed by atoms with Crippen molar-refractivity contribution in [3.05, 3.63) is 59.9 Å². The van der Waals surface area contributed by atoms with Gasteiger partial charge in [-0.3, -0.25) is 14.8 Å². The van der Waals surface area contributed by atoms with Crippen LogP contribution in [0, 0.1) is 0 Å². The molecule has 0 atom stereocenters. The third-order valence-electron chi connectivity index (χ3n) is 4.95. The van der Waals surface area contributed by atoms with E-state index >= 15 is 0 Å². The van der Waals surface area contributed by atoms with E-state index in [1.54, 1.807) is 17.6 Å². The number of benzene rings is 2. The minimum absolute atomic E-state index is 0.250. The molecule has 2 amide bonds. The van der Waals surface area contributed by atoms with Gasteiger partial charge >= 0.3 is 0 Å². The average Bonchev–Trinajstić information content (AvgIpc) is 3.21. The lowest BCUT2D eigenvalue weighted by Gasteiger charge is -2.23. The Labute approximate surface area is 187 Å². The highest BCUT2D eigenvalue weighted by molar-refractivity contribution is 6.06. The summed E-state index contributed by atoms with van der Waals surface area (Å²) in [7, 11) is 0. The van der Waals surface area contributed by atoms with E-state index in [2.05, 4.69) is 24.1 Å². The Morgan fingerprint density at radius 2 is 1.69 bits per heavy atom. The molecule has 32 heavy (non-hydrogen) atoms. The summed E-state index contributed by atoms with van der Waals surface area (Å²) in [5.41, 5.74) is 3.42. The number of nitrogens with one attached hydrogen (secondary N) is 2. The lowest BCUT2D eigenvalue weighted by molar-refractivity contribution is 0.0706. The molecule has 0 spiro atoms. The number of fused-ring (bicyclic) bond motifs is 1. The van der Waals surface area contributed by atoms with Crippen molar-refractivity contribution in [2.75, 3.05) is 31.1 Å². The van der Waals surface area contributed by atoms with Crippen LogP contribution in [0.3, 0.4) is 0 Å². The van der Waals surface area contributed by atoms with Crippen LogP contribution in [0.25, 0.3) is 11.0 Å². The normalized spacial score (nSPS) is 10.7. The maximum absolute atomic E-state index is 13.0. The van der Waals surface area contributed by atoms with Gasteiger partial charge in [0.1, 0.15) is 17.9 Å². The van der Waals surface area contributed by atoms with Gasteiger partial charge in [0.2, 0.25) is 5.76 Å². The zero-order valence-electron chi connectivity index (χ0n) is 18.4. The number of amides is 2. The van der Waals surface area contributed by atoms with Gasteiger partial charge in [0.05, 0.1) is 12.2 Å². The first-order valence-electron chi connectivity index (χ1n) is 10.8. The fourth-order valence-electron chi connectivity index (χ4n) is 3.56. The topological polar surface area (TPSA) is 104 Å². The van der Waals surface area contributed by atoms with Crippen molar-refractivity contribution in [2.45, 2.75) is 26.7 Å². The molecule has 0 aliphatic rings. The van der Waals surface area contributed by atoms with E-state index in [0.717, 1.165) is 37.0 Å². The molecule has 0 aliphatic carbocycles. The summed E-state index contributed by atoms with van der Waals surface area (Å²) >= 11 is 0. The molecule has 1 aromatic heterocycles. The molecule has 0 aliphatic heterocycles. The summed E-state index contributed by atoms with van der Waals surface area (Å²) in [5, 5.41) is 12.5.